The van der Waals surface area contributed by atoms with Gasteiger partial charge >= 0.3 is 0 Å². The molecule has 1 atom stereocenters. The van der Waals surface area contributed by atoms with Crippen LogP contribution in [0.15, 0.2) is 18.2 Å². The Balaban J connectivity index is 0.00000200. The van der Waals surface area contributed by atoms with Crippen LogP contribution in [-0.2, 0) is 0 Å². The summed E-state index contributed by atoms with van der Waals surface area (Å²) in [6, 6.07) is 4.25. The molecule has 0 aromatic heterocycles. The predicted molar refractivity (Wildman–Crippen MR) is 86.7 cm³/mol. The van der Waals surface area contributed by atoms with Gasteiger partial charge in [-0.3, -0.25) is 15.0 Å². The summed E-state index contributed by atoms with van der Waals surface area (Å²) in [5.41, 5.74) is 0.692. The van der Waals surface area contributed by atoms with Crippen molar-refractivity contribution in [3.8, 4) is 5.75 Å². The van der Waals surface area contributed by atoms with Gasteiger partial charge in [0, 0.05) is 38.3 Å². The molecule has 1 aliphatic rings. The first-order chi connectivity index (χ1) is 9.13. The lowest BCUT2D eigenvalue weighted by Gasteiger charge is -2.34. The molecule has 2 N–H and O–H groups in total. The molecule has 1 saturated heterocycles. The Morgan fingerprint density at radius 2 is 2.00 bits per heavy atom. The largest absolute Gasteiger partial charge is 0.508 e. The molecule has 0 spiro atoms. The Kier molecular flexibility index (Phi) is 8.58. The van der Waals surface area contributed by atoms with Crippen molar-refractivity contribution >= 4 is 30.5 Å². The van der Waals surface area contributed by atoms with Crippen LogP contribution in [0.1, 0.15) is 24.9 Å². The molecule has 0 aliphatic carbocycles. The minimum atomic E-state index is -0.375. The smallest absolute Gasteiger partial charge is 0.274 e. The number of hydrogen-bond acceptors (Lipinski definition) is 5. The summed E-state index contributed by atoms with van der Waals surface area (Å²) in [4.78, 5) is 13.0. The van der Waals surface area contributed by atoms with Crippen molar-refractivity contribution in [3.63, 3.8) is 0 Å². The van der Waals surface area contributed by atoms with Gasteiger partial charge in [-0.2, -0.15) is 0 Å². The molecule has 6 nitrogen and oxygen atoms in total. The zero-order chi connectivity index (χ0) is 13.8. The minimum absolute atomic E-state index is 0. The first kappa shape index (κ1) is 19.9. The number of phenols is 1. The lowest BCUT2D eigenvalue weighted by atomic mass is 9.99. The number of hydrogen-bond donors (Lipinski definition) is 2. The number of nitro groups is 1. The minimum Gasteiger partial charge on any atom is -0.508 e. The number of piperazine rings is 1. The van der Waals surface area contributed by atoms with Crippen LogP contribution in [0.2, 0.25) is 0 Å². The number of nitro benzene ring substituents is 1. The Bertz CT molecular complexity index is 468. The second-order valence-corrected chi connectivity index (χ2v) is 4.71. The van der Waals surface area contributed by atoms with Gasteiger partial charge in [-0.1, -0.05) is 6.92 Å². The van der Waals surface area contributed by atoms with Gasteiger partial charge in [0.25, 0.3) is 5.69 Å². The van der Waals surface area contributed by atoms with Crippen LogP contribution in [-0.4, -0.2) is 41.1 Å². The van der Waals surface area contributed by atoms with E-state index in [-0.39, 0.29) is 47.2 Å². The molecule has 8 heteroatoms. The third-order valence-corrected chi connectivity index (χ3v) is 3.55. The third-order valence-electron chi connectivity index (χ3n) is 3.55. The Hall–Kier alpha value is -1.08. The Morgan fingerprint density at radius 1 is 1.38 bits per heavy atom. The van der Waals surface area contributed by atoms with Crippen LogP contribution < -0.4 is 5.32 Å². The number of nitrogens with one attached hydrogen (secondary N) is 1. The standard InChI is InChI=1S/C13H19N3O3.2ClH/c1-2-12(15-7-5-14-6-8-15)11-9-10(17)3-4-13(11)16(18)19;;/h3-4,9,12,14,17H,2,5-8H2,1H3;2*1H/t12-;;/m0../s1. The van der Waals surface area contributed by atoms with Crippen molar-refractivity contribution in [1.82, 2.24) is 10.2 Å². The molecule has 1 heterocycles. The molecule has 1 fully saturated rings. The van der Waals surface area contributed by atoms with E-state index >= 15 is 0 Å². The van der Waals surface area contributed by atoms with Gasteiger partial charge in [0.2, 0.25) is 0 Å². The number of benzene rings is 1. The zero-order valence-corrected chi connectivity index (χ0v) is 13.5. The highest BCUT2D eigenvalue weighted by Crippen LogP contribution is 2.34. The molecule has 1 aromatic rings. The summed E-state index contributed by atoms with van der Waals surface area (Å²) in [5.74, 6) is 0.0779. The van der Waals surface area contributed by atoms with E-state index in [2.05, 4.69) is 10.2 Å². The molecule has 1 aromatic carbocycles. The summed E-state index contributed by atoms with van der Waals surface area (Å²) in [6.45, 7) is 5.53. The topological polar surface area (TPSA) is 78.6 Å². The molecule has 0 amide bonds. The maximum Gasteiger partial charge on any atom is 0.274 e. The predicted octanol–water partition coefficient (Wildman–Crippen LogP) is 2.50. The monoisotopic (exact) mass is 337 g/mol. The van der Waals surface area contributed by atoms with Crippen molar-refractivity contribution < 1.29 is 10.0 Å². The average molecular weight is 338 g/mol. The second kappa shape index (κ2) is 9.04. The molecule has 1 aliphatic heterocycles. The molecule has 21 heavy (non-hydrogen) atoms. The van der Waals surface area contributed by atoms with Crippen LogP contribution >= 0.6 is 24.8 Å². The quantitative estimate of drug-likeness (QED) is 0.651. The highest BCUT2D eigenvalue weighted by Gasteiger charge is 2.27. The number of nitrogens with zero attached hydrogens (tertiary/aromatic N) is 2. The van der Waals surface area contributed by atoms with E-state index in [1.165, 1.54) is 18.2 Å². The highest BCUT2D eigenvalue weighted by atomic mass is 35.5. The van der Waals surface area contributed by atoms with Crippen LogP contribution in [0.5, 0.6) is 5.75 Å². The summed E-state index contributed by atoms with van der Waals surface area (Å²) in [7, 11) is 0. The van der Waals surface area contributed by atoms with Gasteiger partial charge in [-0.05, 0) is 18.6 Å². The molecule has 120 valence electrons. The summed E-state index contributed by atoms with van der Waals surface area (Å²) in [6.07, 6.45) is 0.782. The van der Waals surface area contributed by atoms with Crippen molar-refractivity contribution in [2.24, 2.45) is 0 Å². The normalized spacial score (nSPS) is 16.4. The van der Waals surface area contributed by atoms with E-state index in [1.807, 2.05) is 6.92 Å². The molecule has 0 unspecified atom stereocenters. The van der Waals surface area contributed by atoms with E-state index in [9.17, 15) is 15.2 Å². The maximum atomic E-state index is 11.1. The van der Waals surface area contributed by atoms with Crippen molar-refractivity contribution in [3.05, 3.63) is 33.9 Å². The fourth-order valence-electron chi connectivity index (χ4n) is 2.64. The van der Waals surface area contributed by atoms with E-state index in [4.69, 9.17) is 0 Å². The van der Waals surface area contributed by atoms with E-state index in [1.54, 1.807) is 0 Å². The van der Waals surface area contributed by atoms with Crippen LogP contribution in [0, 0.1) is 10.1 Å². The zero-order valence-electron chi connectivity index (χ0n) is 11.8. The van der Waals surface area contributed by atoms with E-state index in [0.717, 1.165) is 32.6 Å². The lowest BCUT2D eigenvalue weighted by molar-refractivity contribution is -0.386. The van der Waals surface area contributed by atoms with E-state index in [0.29, 0.717) is 5.56 Å². The van der Waals surface area contributed by atoms with Crippen LogP contribution in [0.25, 0.3) is 0 Å². The van der Waals surface area contributed by atoms with Crippen molar-refractivity contribution in [2.75, 3.05) is 26.2 Å². The van der Waals surface area contributed by atoms with Crippen LogP contribution in [0.4, 0.5) is 5.69 Å². The van der Waals surface area contributed by atoms with Gasteiger partial charge in [0.1, 0.15) is 5.75 Å². The third kappa shape index (κ3) is 4.71. The second-order valence-electron chi connectivity index (χ2n) is 4.71. The molecular formula is C13H21Cl2N3O3. The highest BCUT2D eigenvalue weighted by molar-refractivity contribution is 5.85. The Morgan fingerprint density at radius 3 is 2.52 bits per heavy atom. The molecule has 0 saturated carbocycles. The number of phenolic OH excluding ortho intramolecular Hbond substituents is 1. The van der Waals surface area contributed by atoms with E-state index < -0.39 is 0 Å². The fraction of sp³-hybridized carbons (Fsp3) is 0.538. The molecule has 2 rings (SSSR count). The number of rotatable bonds is 4. The number of halogens is 2. The van der Waals surface area contributed by atoms with Gasteiger partial charge in [-0.15, -0.1) is 24.8 Å². The van der Waals surface area contributed by atoms with Crippen molar-refractivity contribution in [2.45, 2.75) is 19.4 Å². The lowest BCUT2D eigenvalue weighted by Crippen LogP contribution is -2.45. The maximum absolute atomic E-state index is 11.1. The average Bonchev–Trinajstić information content (AvgIpc) is 2.40. The Labute approximate surface area is 136 Å². The fourth-order valence-corrected chi connectivity index (χ4v) is 2.64. The first-order valence-electron chi connectivity index (χ1n) is 6.55. The van der Waals surface area contributed by atoms with Crippen LogP contribution in [0.3, 0.4) is 0 Å². The van der Waals surface area contributed by atoms with Gasteiger partial charge in [0.05, 0.1) is 10.5 Å². The molecular weight excluding hydrogens is 317 g/mol. The summed E-state index contributed by atoms with van der Waals surface area (Å²) in [5, 5.41) is 24.0. The van der Waals surface area contributed by atoms with Gasteiger partial charge in [-0.25, -0.2) is 0 Å². The SMILES string of the molecule is CC[C@@H](c1cc(O)ccc1[N+](=O)[O-])N1CCNCC1.Cl.Cl. The molecule has 0 radical (unpaired) electrons. The number of aromatic hydroxyl groups is 1. The summed E-state index contributed by atoms with van der Waals surface area (Å²) >= 11 is 0. The summed E-state index contributed by atoms with van der Waals surface area (Å²) < 4.78 is 0. The van der Waals surface area contributed by atoms with Gasteiger partial charge < -0.3 is 10.4 Å². The first-order valence-corrected chi connectivity index (χ1v) is 6.55. The van der Waals surface area contributed by atoms with Crippen molar-refractivity contribution in [1.29, 1.82) is 0 Å². The molecule has 0 bridgehead atoms. The van der Waals surface area contributed by atoms with Gasteiger partial charge in [0.15, 0.2) is 0 Å².